The second-order valence-corrected chi connectivity index (χ2v) is 9.84. The molecule has 0 aromatic carbocycles. The van der Waals surface area contributed by atoms with Crippen molar-refractivity contribution in [2.24, 2.45) is 0 Å². The molecule has 0 radical (unpaired) electrons. The molecule has 0 aliphatic carbocycles. The van der Waals surface area contributed by atoms with E-state index in [-0.39, 0.29) is 0 Å². The Kier molecular flexibility index (Phi) is 2.89. The molecule has 1 atom stereocenters. The van der Waals surface area contributed by atoms with Crippen LogP contribution >= 0.6 is 0 Å². The highest BCUT2D eigenvalue weighted by Crippen LogP contribution is 2.40. The van der Waals surface area contributed by atoms with Crippen molar-refractivity contribution in [1.82, 2.24) is 0 Å². The lowest BCUT2D eigenvalue weighted by molar-refractivity contribution is -0.140. The Bertz CT molecular complexity index is 160. The van der Waals surface area contributed by atoms with Gasteiger partial charge in [-0.15, -0.1) is 0 Å². The maximum absolute atomic E-state index is 10.9. The van der Waals surface area contributed by atoms with Crippen molar-refractivity contribution in [3.05, 3.63) is 0 Å². The van der Waals surface area contributed by atoms with E-state index in [1.165, 1.54) is 0 Å². The summed E-state index contributed by atoms with van der Waals surface area (Å²) in [6.45, 7) is 10.1. The SMILES string of the molecule is CCC(C)(C(=O)O)[Si](C)(C)C. The Morgan fingerprint density at radius 2 is 1.82 bits per heavy atom. The van der Waals surface area contributed by atoms with E-state index in [2.05, 4.69) is 19.6 Å². The molecule has 0 fully saturated rings. The molecule has 0 saturated heterocycles. The van der Waals surface area contributed by atoms with Crippen molar-refractivity contribution in [2.45, 2.75) is 44.9 Å². The molecule has 0 aliphatic rings. The summed E-state index contributed by atoms with van der Waals surface area (Å²) in [6.07, 6.45) is 0.734. The number of carbonyl (C=O) groups is 1. The summed E-state index contributed by atoms with van der Waals surface area (Å²) in [5.41, 5.74) is 0. The number of carboxylic acids is 1. The number of hydrogen-bond acceptors (Lipinski definition) is 1. The van der Waals surface area contributed by atoms with Gasteiger partial charge in [0.15, 0.2) is 0 Å². The van der Waals surface area contributed by atoms with Gasteiger partial charge in [-0.3, -0.25) is 4.79 Å². The van der Waals surface area contributed by atoms with Crippen molar-refractivity contribution in [3.8, 4) is 0 Å². The molecule has 2 nitrogen and oxygen atoms in total. The van der Waals surface area contributed by atoms with Gasteiger partial charge in [0.2, 0.25) is 0 Å². The molecule has 1 unspecified atom stereocenters. The van der Waals surface area contributed by atoms with E-state index in [0.717, 1.165) is 6.42 Å². The summed E-state index contributed by atoms with van der Waals surface area (Å²) in [4.78, 5) is 10.9. The second-order valence-electron chi connectivity index (χ2n) is 4.24. The van der Waals surface area contributed by atoms with Crippen molar-refractivity contribution in [2.75, 3.05) is 0 Å². The summed E-state index contributed by atoms with van der Waals surface area (Å²) in [5, 5.41) is 8.54. The predicted molar refractivity (Wildman–Crippen MR) is 49.6 cm³/mol. The Balaban J connectivity index is 4.75. The van der Waals surface area contributed by atoms with Crippen LogP contribution in [-0.2, 0) is 4.79 Å². The maximum atomic E-state index is 10.9. The van der Waals surface area contributed by atoms with Gasteiger partial charge in [-0.1, -0.05) is 33.5 Å². The van der Waals surface area contributed by atoms with E-state index in [9.17, 15) is 4.79 Å². The standard InChI is InChI=1S/C8H18O2Si/c1-6-8(2,7(9)10)11(3,4)5/h6H2,1-5H3,(H,9,10). The fourth-order valence-electron chi connectivity index (χ4n) is 1.00. The van der Waals surface area contributed by atoms with E-state index in [1.807, 2.05) is 13.8 Å². The molecular formula is C8H18O2Si. The molecule has 0 spiro atoms. The molecule has 0 bridgehead atoms. The highest BCUT2D eigenvalue weighted by Gasteiger charge is 2.43. The summed E-state index contributed by atoms with van der Waals surface area (Å²) < 4.78 is 0. The fraction of sp³-hybridized carbons (Fsp3) is 0.875. The molecule has 0 aromatic heterocycles. The maximum Gasteiger partial charge on any atom is 0.306 e. The van der Waals surface area contributed by atoms with Crippen LogP contribution in [0.3, 0.4) is 0 Å². The van der Waals surface area contributed by atoms with Gasteiger partial charge in [0.05, 0.1) is 13.1 Å². The van der Waals surface area contributed by atoms with E-state index < -0.39 is 19.1 Å². The van der Waals surface area contributed by atoms with Crippen molar-refractivity contribution in [1.29, 1.82) is 0 Å². The quantitative estimate of drug-likeness (QED) is 0.668. The third kappa shape index (κ3) is 1.83. The molecule has 3 heteroatoms. The molecule has 1 N–H and O–H groups in total. The molecule has 0 heterocycles. The van der Waals surface area contributed by atoms with E-state index >= 15 is 0 Å². The number of rotatable bonds is 3. The van der Waals surface area contributed by atoms with Gasteiger partial charge in [-0.2, -0.15) is 0 Å². The first-order valence-corrected chi connectivity index (χ1v) is 7.49. The van der Waals surface area contributed by atoms with Gasteiger partial charge in [-0.05, 0) is 6.42 Å². The number of carboxylic acid groups (broad SMARTS) is 1. The van der Waals surface area contributed by atoms with Gasteiger partial charge in [0.1, 0.15) is 0 Å². The third-order valence-corrected chi connectivity index (χ3v) is 6.71. The van der Waals surface area contributed by atoms with Crippen LogP contribution in [0, 0.1) is 0 Å². The summed E-state index contributed by atoms with van der Waals surface area (Å²) in [7, 11) is -1.57. The largest absolute Gasteiger partial charge is 0.481 e. The van der Waals surface area contributed by atoms with Gasteiger partial charge >= 0.3 is 5.97 Å². The van der Waals surface area contributed by atoms with Crippen LogP contribution in [0.25, 0.3) is 0 Å². The highest BCUT2D eigenvalue weighted by molar-refractivity contribution is 6.82. The minimum Gasteiger partial charge on any atom is -0.481 e. The molecule has 0 aliphatic heterocycles. The van der Waals surface area contributed by atoms with Crippen LogP contribution in [0.1, 0.15) is 20.3 Å². The lowest BCUT2D eigenvalue weighted by atomic mass is 10.1. The predicted octanol–water partition coefficient (Wildman–Crippen LogP) is 2.58. The lowest BCUT2D eigenvalue weighted by Gasteiger charge is -2.35. The van der Waals surface area contributed by atoms with Gasteiger partial charge < -0.3 is 5.11 Å². The molecule has 0 aromatic rings. The molecule has 0 rings (SSSR count). The van der Waals surface area contributed by atoms with Gasteiger partial charge in [-0.25, -0.2) is 0 Å². The van der Waals surface area contributed by atoms with Gasteiger partial charge in [0, 0.05) is 0 Å². The average molecular weight is 174 g/mol. The summed E-state index contributed by atoms with van der Waals surface area (Å²) >= 11 is 0. The fourth-order valence-corrected chi connectivity index (χ4v) is 2.70. The summed E-state index contributed by atoms with van der Waals surface area (Å²) in [6, 6.07) is 0. The lowest BCUT2D eigenvalue weighted by Crippen LogP contribution is -2.42. The monoisotopic (exact) mass is 174 g/mol. The zero-order valence-electron chi connectivity index (χ0n) is 8.06. The normalized spacial score (nSPS) is 17.5. The van der Waals surface area contributed by atoms with Crippen LogP contribution < -0.4 is 0 Å². The average Bonchev–Trinajstić information content (AvgIpc) is 1.83. The molecule has 11 heavy (non-hydrogen) atoms. The Labute approximate surface area is 69.6 Å². The topological polar surface area (TPSA) is 37.3 Å². The van der Waals surface area contributed by atoms with Crippen LogP contribution in [0.15, 0.2) is 0 Å². The number of aliphatic carboxylic acids is 1. The van der Waals surface area contributed by atoms with Crippen molar-refractivity contribution < 1.29 is 9.90 Å². The second kappa shape index (κ2) is 2.97. The first-order valence-electron chi connectivity index (χ1n) is 3.99. The third-order valence-electron chi connectivity index (χ3n) is 2.83. The minimum absolute atomic E-state index is 0.465. The number of hydrogen-bond donors (Lipinski definition) is 1. The van der Waals surface area contributed by atoms with Crippen molar-refractivity contribution >= 4 is 14.0 Å². The summed E-state index contributed by atoms with van der Waals surface area (Å²) in [5.74, 6) is -0.640. The van der Waals surface area contributed by atoms with Gasteiger partial charge in [0.25, 0.3) is 0 Å². The van der Waals surface area contributed by atoms with E-state index in [0.29, 0.717) is 0 Å². The molecular weight excluding hydrogens is 156 g/mol. The molecule has 0 saturated carbocycles. The van der Waals surface area contributed by atoms with Crippen LogP contribution in [0.2, 0.25) is 24.7 Å². The van der Waals surface area contributed by atoms with E-state index in [4.69, 9.17) is 5.11 Å². The Morgan fingerprint density at radius 3 is 1.82 bits per heavy atom. The minimum atomic E-state index is -1.57. The molecule has 0 amide bonds. The van der Waals surface area contributed by atoms with E-state index in [1.54, 1.807) is 0 Å². The zero-order valence-corrected chi connectivity index (χ0v) is 9.06. The van der Waals surface area contributed by atoms with Crippen LogP contribution in [0.4, 0.5) is 0 Å². The van der Waals surface area contributed by atoms with Crippen molar-refractivity contribution in [3.63, 3.8) is 0 Å². The highest BCUT2D eigenvalue weighted by atomic mass is 28.3. The zero-order chi connectivity index (χ0) is 9.28. The Hall–Kier alpha value is -0.313. The van der Waals surface area contributed by atoms with Crippen LogP contribution in [-0.4, -0.2) is 19.1 Å². The van der Waals surface area contributed by atoms with Crippen LogP contribution in [0.5, 0.6) is 0 Å². The smallest absolute Gasteiger partial charge is 0.306 e. The Morgan fingerprint density at radius 1 is 1.45 bits per heavy atom. The first kappa shape index (κ1) is 10.7. The molecule has 66 valence electrons. The first-order chi connectivity index (χ1) is 4.75.